The minimum absolute atomic E-state index is 0.549. The zero-order chi connectivity index (χ0) is 17.6. The van der Waals surface area contributed by atoms with Gasteiger partial charge in [0.15, 0.2) is 10.2 Å². The second-order valence-electron chi connectivity index (χ2n) is 5.26. The molecule has 0 radical (unpaired) electrons. The number of hydrogen-bond donors (Lipinski definition) is 2. The first kappa shape index (κ1) is 17.4. The maximum atomic E-state index is 5.41. The number of rotatable bonds is 6. The summed E-state index contributed by atoms with van der Waals surface area (Å²) in [4.78, 5) is 4.51. The van der Waals surface area contributed by atoms with Crippen LogP contribution < -0.4 is 20.1 Å². The van der Waals surface area contributed by atoms with E-state index in [1.54, 1.807) is 25.6 Å². The van der Waals surface area contributed by atoms with Crippen LogP contribution in [0.2, 0.25) is 0 Å². The van der Waals surface area contributed by atoms with Crippen LogP contribution in [0.3, 0.4) is 0 Å². The van der Waals surface area contributed by atoms with Crippen molar-refractivity contribution in [2.75, 3.05) is 26.1 Å². The number of nitrogens with zero attached hydrogens (tertiary/aromatic N) is 1. The van der Waals surface area contributed by atoms with Gasteiger partial charge in [-0.1, -0.05) is 29.5 Å². The third-order valence-corrected chi connectivity index (χ3v) is 4.90. The quantitative estimate of drug-likeness (QED) is 0.640. The van der Waals surface area contributed by atoms with Gasteiger partial charge in [-0.25, -0.2) is 4.98 Å². The molecule has 0 fully saturated rings. The Morgan fingerprint density at radius 1 is 1.08 bits per heavy atom. The summed E-state index contributed by atoms with van der Waals surface area (Å²) in [7, 11) is 3.32. The Bertz CT molecular complexity index is 824. The molecule has 0 bridgehead atoms. The van der Waals surface area contributed by atoms with Gasteiger partial charge in [0.25, 0.3) is 0 Å². The average Bonchev–Trinajstić information content (AvgIpc) is 3.03. The van der Waals surface area contributed by atoms with Crippen molar-refractivity contribution in [2.45, 2.75) is 6.42 Å². The summed E-state index contributed by atoms with van der Waals surface area (Å²) >= 11 is 6.94. The molecule has 25 heavy (non-hydrogen) atoms. The second-order valence-corrected chi connectivity index (χ2v) is 6.70. The third kappa shape index (κ3) is 4.18. The van der Waals surface area contributed by atoms with Gasteiger partial charge in [0.2, 0.25) is 0 Å². The molecule has 0 spiro atoms. The maximum Gasteiger partial charge on any atom is 0.190 e. The molecule has 7 heteroatoms. The Morgan fingerprint density at radius 2 is 1.80 bits per heavy atom. The average molecular weight is 374 g/mol. The lowest BCUT2D eigenvalue weighted by Crippen LogP contribution is -2.30. The lowest BCUT2D eigenvalue weighted by molar-refractivity contribution is 0.385. The number of thiocarbonyl (C=S) groups is 1. The van der Waals surface area contributed by atoms with Crippen LogP contribution in [0.15, 0.2) is 42.5 Å². The van der Waals surface area contributed by atoms with Gasteiger partial charge in [-0.3, -0.25) is 0 Å². The van der Waals surface area contributed by atoms with Gasteiger partial charge in [-0.2, -0.15) is 0 Å². The fourth-order valence-corrected chi connectivity index (χ4v) is 3.68. The van der Waals surface area contributed by atoms with E-state index < -0.39 is 0 Å². The predicted molar refractivity (Wildman–Crippen MR) is 107 cm³/mol. The molecule has 2 aromatic carbocycles. The zero-order valence-corrected chi connectivity index (χ0v) is 15.7. The first-order valence-corrected chi connectivity index (χ1v) is 9.04. The molecule has 0 aliphatic heterocycles. The monoisotopic (exact) mass is 373 g/mol. The van der Waals surface area contributed by atoms with Crippen molar-refractivity contribution >= 4 is 44.0 Å². The number of methoxy groups -OCH3 is 2. The van der Waals surface area contributed by atoms with E-state index >= 15 is 0 Å². The molecule has 0 unspecified atom stereocenters. The highest BCUT2D eigenvalue weighted by molar-refractivity contribution is 7.80. The Kier molecular flexibility index (Phi) is 5.67. The van der Waals surface area contributed by atoms with Gasteiger partial charge < -0.3 is 20.1 Å². The van der Waals surface area contributed by atoms with Crippen LogP contribution in [0.5, 0.6) is 11.5 Å². The zero-order valence-electron chi connectivity index (χ0n) is 14.0. The summed E-state index contributed by atoms with van der Waals surface area (Å²) in [5.41, 5.74) is 1.99. The van der Waals surface area contributed by atoms with E-state index in [0.717, 1.165) is 38.8 Å². The first-order chi connectivity index (χ1) is 12.2. The lowest BCUT2D eigenvalue weighted by Gasteiger charge is -2.14. The number of aromatic nitrogens is 1. The summed E-state index contributed by atoms with van der Waals surface area (Å²) in [6, 6.07) is 13.8. The van der Waals surface area contributed by atoms with E-state index in [2.05, 4.69) is 15.6 Å². The Labute approximate surface area is 156 Å². The molecule has 1 heterocycles. The fourth-order valence-electron chi connectivity index (χ4n) is 2.54. The molecular formula is C18H19N3O2S2. The molecule has 3 aromatic rings. The summed E-state index contributed by atoms with van der Waals surface area (Å²) < 4.78 is 12.0. The van der Waals surface area contributed by atoms with Crippen molar-refractivity contribution in [2.24, 2.45) is 0 Å². The summed E-state index contributed by atoms with van der Waals surface area (Å²) in [6.07, 6.45) is 0.731. The summed E-state index contributed by atoms with van der Waals surface area (Å²) in [5.74, 6) is 1.62. The number of anilines is 1. The van der Waals surface area contributed by atoms with Crippen molar-refractivity contribution in [3.05, 3.63) is 48.0 Å². The molecule has 130 valence electrons. The molecule has 0 atom stereocenters. The number of fused-ring (bicyclic) bond motifs is 1. The second kappa shape index (κ2) is 8.13. The molecule has 5 nitrogen and oxygen atoms in total. The highest BCUT2D eigenvalue weighted by atomic mass is 32.1. The van der Waals surface area contributed by atoms with E-state index in [1.807, 2.05) is 42.5 Å². The van der Waals surface area contributed by atoms with Crippen molar-refractivity contribution in [1.29, 1.82) is 0 Å². The maximum absolute atomic E-state index is 5.41. The number of nitrogens with one attached hydrogen (secondary N) is 2. The number of para-hydroxylation sites is 1. The van der Waals surface area contributed by atoms with E-state index in [1.165, 1.54) is 0 Å². The smallest absolute Gasteiger partial charge is 0.190 e. The summed E-state index contributed by atoms with van der Waals surface area (Å²) in [5, 5.41) is 7.68. The van der Waals surface area contributed by atoms with Crippen LogP contribution >= 0.6 is 23.6 Å². The molecule has 2 N–H and O–H groups in total. The molecule has 0 aliphatic rings. The number of thiazole rings is 1. The van der Waals surface area contributed by atoms with Crippen LogP contribution in [0.4, 0.5) is 5.13 Å². The van der Waals surface area contributed by atoms with Crippen LogP contribution in [-0.4, -0.2) is 30.9 Å². The van der Waals surface area contributed by atoms with Crippen LogP contribution in [0.25, 0.3) is 10.2 Å². The van der Waals surface area contributed by atoms with Crippen LogP contribution in [0.1, 0.15) is 5.56 Å². The van der Waals surface area contributed by atoms with E-state index in [4.69, 9.17) is 21.7 Å². The van der Waals surface area contributed by atoms with Crippen LogP contribution in [0, 0.1) is 0 Å². The SMILES string of the molecule is COc1cccc(OC)c1CCNC(=S)Nc1nc2ccccc2s1. The molecule has 1 aromatic heterocycles. The predicted octanol–water partition coefficient (Wildman–Crippen LogP) is 3.84. The number of hydrogen-bond acceptors (Lipinski definition) is 5. The van der Waals surface area contributed by atoms with Crippen molar-refractivity contribution in [3.8, 4) is 11.5 Å². The molecule has 0 aliphatic carbocycles. The highest BCUT2D eigenvalue weighted by Crippen LogP contribution is 2.28. The fraction of sp³-hybridized carbons (Fsp3) is 0.222. The summed E-state index contributed by atoms with van der Waals surface area (Å²) in [6.45, 7) is 0.660. The van der Waals surface area contributed by atoms with Gasteiger partial charge in [0.05, 0.1) is 24.4 Å². The number of ether oxygens (including phenoxy) is 2. The van der Waals surface area contributed by atoms with Gasteiger partial charge in [0.1, 0.15) is 11.5 Å². The van der Waals surface area contributed by atoms with E-state index in [-0.39, 0.29) is 0 Å². The first-order valence-electron chi connectivity index (χ1n) is 7.81. The number of benzene rings is 2. The largest absolute Gasteiger partial charge is 0.496 e. The normalized spacial score (nSPS) is 10.5. The molecular weight excluding hydrogens is 354 g/mol. The Hall–Kier alpha value is -2.38. The van der Waals surface area contributed by atoms with Crippen molar-refractivity contribution in [1.82, 2.24) is 10.3 Å². The molecule has 0 saturated heterocycles. The topological polar surface area (TPSA) is 55.4 Å². The van der Waals surface area contributed by atoms with Crippen molar-refractivity contribution in [3.63, 3.8) is 0 Å². The Balaban J connectivity index is 1.58. The van der Waals surface area contributed by atoms with Gasteiger partial charge >= 0.3 is 0 Å². The lowest BCUT2D eigenvalue weighted by atomic mass is 10.1. The van der Waals surface area contributed by atoms with Gasteiger partial charge in [0, 0.05) is 12.1 Å². The Morgan fingerprint density at radius 3 is 2.48 bits per heavy atom. The standard InChI is InChI=1S/C18H19N3O2S2/c1-22-14-7-5-8-15(23-2)12(14)10-11-19-17(24)21-18-20-13-6-3-4-9-16(13)25-18/h3-9H,10-11H2,1-2H3,(H2,19,20,21,24). The van der Waals surface area contributed by atoms with E-state index in [9.17, 15) is 0 Å². The third-order valence-electron chi connectivity index (χ3n) is 3.70. The van der Waals surface area contributed by atoms with Crippen molar-refractivity contribution < 1.29 is 9.47 Å². The molecule has 3 rings (SSSR count). The molecule has 0 saturated carbocycles. The van der Waals surface area contributed by atoms with Gasteiger partial charge in [-0.05, 0) is 42.9 Å². The van der Waals surface area contributed by atoms with Crippen LogP contribution in [-0.2, 0) is 6.42 Å². The minimum atomic E-state index is 0.549. The minimum Gasteiger partial charge on any atom is -0.496 e. The van der Waals surface area contributed by atoms with Gasteiger partial charge in [-0.15, -0.1) is 0 Å². The van der Waals surface area contributed by atoms with E-state index in [0.29, 0.717) is 11.7 Å². The highest BCUT2D eigenvalue weighted by Gasteiger charge is 2.10. The molecule has 0 amide bonds.